The third kappa shape index (κ3) is 6.05. The molecule has 0 saturated carbocycles. The number of guanidine groups is 1. The van der Waals surface area contributed by atoms with Gasteiger partial charge in [0.05, 0.1) is 11.6 Å². The summed E-state index contributed by atoms with van der Waals surface area (Å²) in [7, 11) is 1.63. The van der Waals surface area contributed by atoms with Crippen LogP contribution in [0.15, 0.2) is 41.9 Å². The Hall–Kier alpha value is -2.58. The Bertz CT molecular complexity index is 697. The molecule has 26 heavy (non-hydrogen) atoms. The second kappa shape index (κ2) is 9.21. The van der Waals surface area contributed by atoms with Crippen LogP contribution in [0.3, 0.4) is 0 Å². The SMILES string of the molecule is CN=C(NCCCCn1cnnc1)NC(C)c1cccc(C(F)(F)F)c1. The van der Waals surface area contributed by atoms with Gasteiger partial charge in [-0.2, -0.15) is 13.2 Å². The predicted octanol–water partition coefficient (Wildman–Crippen LogP) is 3.00. The minimum Gasteiger partial charge on any atom is -0.356 e. The number of hydrogen-bond donors (Lipinski definition) is 2. The Morgan fingerprint density at radius 1 is 1.23 bits per heavy atom. The third-order valence-electron chi connectivity index (χ3n) is 3.89. The van der Waals surface area contributed by atoms with Gasteiger partial charge in [0.1, 0.15) is 12.7 Å². The molecule has 0 bridgehead atoms. The summed E-state index contributed by atoms with van der Waals surface area (Å²) in [5.74, 6) is 0.555. The molecule has 1 unspecified atom stereocenters. The number of rotatable bonds is 7. The van der Waals surface area contributed by atoms with E-state index in [-0.39, 0.29) is 6.04 Å². The van der Waals surface area contributed by atoms with E-state index >= 15 is 0 Å². The fourth-order valence-electron chi connectivity index (χ4n) is 2.43. The highest BCUT2D eigenvalue weighted by Crippen LogP contribution is 2.30. The fraction of sp³-hybridized carbons (Fsp3) is 0.471. The molecule has 0 radical (unpaired) electrons. The number of aromatic nitrogens is 3. The second-order valence-electron chi connectivity index (χ2n) is 5.90. The maximum atomic E-state index is 12.8. The molecule has 0 aliphatic carbocycles. The zero-order chi connectivity index (χ0) is 19.0. The van der Waals surface area contributed by atoms with Gasteiger partial charge in [-0.1, -0.05) is 12.1 Å². The number of aryl methyl sites for hydroxylation is 1. The van der Waals surface area contributed by atoms with Gasteiger partial charge in [0.2, 0.25) is 0 Å². The van der Waals surface area contributed by atoms with Gasteiger partial charge in [-0.15, -0.1) is 10.2 Å². The highest BCUT2D eigenvalue weighted by atomic mass is 19.4. The standard InChI is InChI=1S/C17H23F3N6/c1-13(14-6-5-7-15(10-14)17(18,19)20)25-16(21-2)22-8-3-4-9-26-11-23-24-12-26/h5-7,10-13H,3-4,8-9H2,1-2H3,(H2,21,22,25). The first-order chi connectivity index (χ1) is 12.4. The first kappa shape index (κ1) is 19.7. The molecule has 2 N–H and O–H groups in total. The Labute approximate surface area is 150 Å². The van der Waals surface area contributed by atoms with Crippen LogP contribution in [0.2, 0.25) is 0 Å². The molecule has 6 nitrogen and oxygen atoms in total. The molecule has 0 aliphatic rings. The number of hydrogen-bond acceptors (Lipinski definition) is 3. The van der Waals surface area contributed by atoms with E-state index in [4.69, 9.17) is 0 Å². The molecule has 9 heteroatoms. The van der Waals surface area contributed by atoms with Gasteiger partial charge in [-0.05, 0) is 37.5 Å². The molecule has 1 aromatic heterocycles. The lowest BCUT2D eigenvalue weighted by atomic mass is 10.1. The van der Waals surface area contributed by atoms with Gasteiger partial charge in [-0.25, -0.2) is 0 Å². The Balaban J connectivity index is 1.79. The van der Waals surface area contributed by atoms with Crippen molar-refractivity contribution in [2.45, 2.75) is 38.5 Å². The van der Waals surface area contributed by atoms with Gasteiger partial charge in [0.25, 0.3) is 0 Å². The van der Waals surface area contributed by atoms with Crippen LogP contribution in [0.1, 0.15) is 36.9 Å². The maximum Gasteiger partial charge on any atom is 0.416 e. The van der Waals surface area contributed by atoms with Gasteiger partial charge in [-0.3, -0.25) is 4.99 Å². The van der Waals surface area contributed by atoms with E-state index in [1.807, 2.05) is 4.57 Å². The highest BCUT2D eigenvalue weighted by Gasteiger charge is 2.30. The van der Waals surface area contributed by atoms with Crippen LogP contribution in [-0.2, 0) is 12.7 Å². The minimum atomic E-state index is -4.35. The lowest BCUT2D eigenvalue weighted by molar-refractivity contribution is -0.137. The van der Waals surface area contributed by atoms with Crippen molar-refractivity contribution in [3.8, 4) is 0 Å². The summed E-state index contributed by atoms with van der Waals surface area (Å²) in [5.41, 5.74) is -0.101. The molecule has 0 spiro atoms. The predicted molar refractivity (Wildman–Crippen MR) is 93.6 cm³/mol. The summed E-state index contributed by atoms with van der Waals surface area (Å²) in [6, 6.07) is 5.00. The molecule has 0 amide bonds. The third-order valence-corrected chi connectivity index (χ3v) is 3.89. The smallest absolute Gasteiger partial charge is 0.356 e. The van der Waals surface area contributed by atoms with E-state index in [1.54, 1.807) is 32.7 Å². The van der Waals surface area contributed by atoms with Crippen molar-refractivity contribution in [3.63, 3.8) is 0 Å². The fourth-order valence-corrected chi connectivity index (χ4v) is 2.43. The number of nitrogens with one attached hydrogen (secondary N) is 2. The van der Waals surface area contributed by atoms with Crippen LogP contribution < -0.4 is 10.6 Å². The quantitative estimate of drug-likeness (QED) is 0.448. The van der Waals surface area contributed by atoms with Crippen LogP contribution in [0, 0.1) is 0 Å². The van der Waals surface area contributed by atoms with Crippen molar-refractivity contribution < 1.29 is 13.2 Å². The van der Waals surface area contributed by atoms with E-state index in [9.17, 15) is 13.2 Å². The Morgan fingerprint density at radius 3 is 2.62 bits per heavy atom. The van der Waals surface area contributed by atoms with Crippen molar-refractivity contribution in [2.75, 3.05) is 13.6 Å². The molecule has 1 aromatic carbocycles. The number of nitrogens with zero attached hydrogens (tertiary/aromatic N) is 4. The number of aliphatic imine (C=N–C) groups is 1. The van der Waals surface area contributed by atoms with Crippen molar-refractivity contribution >= 4 is 5.96 Å². The summed E-state index contributed by atoms with van der Waals surface area (Å²) >= 11 is 0. The largest absolute Gasteiger partial charge is 0.416 e. The molecule has 1 heterocycles. The highest BCUT2D eigenvalue weighted by molar-refractivity contribution is 5.80. The van der Waals surface area contributed by atoms with Crippen molar-refractivity contribution in [1.82, 2.24) is 25.4 Å². The van der Waals surface area contributed by atoms with Crippen LogP contribution >= 0.6 is 0 Å². The summed E-state index contributed by atoms with van der Waals surface area (Å²) in [6.07, 6.45) is 0.859. The first-order valence-electron chi connectivity index (χ1n) is 8.37. The van der Waals surface area contributed by atoms with Crippen LogP contribution in [0.4, 0.5) is 13.2 Å². The van der Waals surface area contributed by atoms with E-state index < -0.39 is 11.7 Å². The Morgan fingerprint density at radius 2 is 1.96 bits per heavy atom. The molecular formula is C17H23F3N6. The molecule has 2 rings (SSSR count). The van der Waals surface area contributed by atoms with Gasteiger partial charge >= 0.3 is 6.18 Å². The van der Waals surface area contributed by atoms with E-state index in [0.717, 1.165) is 31.5 Å². The van der Waals surface area contributed by atoms with E-state index in [2.05, 4.69) is 25.8 Å². The molecule has 0 fully saturated rings. The first-order valence-corrected chi connectivity index (χ1v) is 8.37. The second-order valence-corrected chi connectivity index (χ2v) is 5.90. The van der Waals surface area contributed by atoms with E-state index in [1.165, 1.54) is 6.07 Å². The number of alkyl halides is 3. The van der Waals surface area contributed by atoms with Crippen LogP contribution in [0.5, 0.6) is 0 Å². The maximum absolute atomic E-state index is 12.8. The lowest BCUT2D eigenvalue weighted by Crippen LogP contribution is -2.39. The van der Waals surface area contributed by atoms with Crippen molar-refractivity contribution in [1.29, 1.82) is 0 Å². The summed E-state index contributed by atoms with van der Waals surface area (Å²) < 4.78 is 40.4. The molecule has 0 saturated heterocycles. The van der Waals surface area contributed by atoms with E-state index in [0.29, 0.717) is 18.1 Å². The van der Waals surface area contributed by atoms with Crippen LogP contribution in [-0.4, -0.2) is 34.3 Å². The summed E-state index contributed by atoms with van der Waals surface area (Å²) in [6.45, 7) is 3.34. The molecular weight excluding hydrogens is 345 g/mol. The summed E-state index contributed by atoms with van der Waals surface area (Å²) in [4.78, 5) is 4.12. The normalized spacial score (nSPS) is 13.5. The van der Waals surface area contributed by atoms with Gasteiger partial charge in [0.15, 0.2) is 5.96 Å². The monoisotopic (exact) mass is 368 g/mol. The number of benzene rings is 1. The molecule has 1 atom stereocenters. The molecule has 142 valence electrons. The number of unbranched alkanes of at least 4 members (excludes halogenated alkanes) is 1. The average Bonchev–Trinajstić information content (AvgIpc) is 3.13. The zero-order valence-corrected chi connectivity index (χ0v) is 14.8. The Kier molecular flexibility index (Phi) is 6.99. The number of halogens is 3. The van der Waals surface area contributed by atoms with Gasteiger partial charge < -0.3 is 15.2 Å². The van der Waals surface area contributed by atoms with Crippen LogP contribution in [0.25, 0.3) is 0 Å². The van der Waals surface area contributed by atoms with Gasteiger partial charge in [0, 0.05) is 20.1 Å². The topological polar surface area (TPSA) is 67.1 Å². The average molecular weight is 368 g/mol. The van der Waals surface area contributed by atoms with Crippen molar-refractivity contribution in [2.24, 2.45) is 4.99 Å². The zero-order valence-electron chi connectivity index (χ0n) is 14.8. The molecule has 2 aromatic rings. The molecule has 0 aliphatic heterocycles. The lowest BCUT2D eigenvalue weighted by Gasteiger charge is -2.19. The van der Waals surface area contributed by atoms with Crippen molar-refractivity contribution in [3.05, 3.63) is 48.0 Å². The minimum absolute atomic E-state index is 0.305. The summed E-state index contributed by atoms with van der Waals surface area (Å²) in [5, 5.41) is 13.8.